The third-order valence-corrected chi connectivity index (χ3v) is 2.58. The summed E-state index contributed by atoms with van der Waals surface area (Å²) in [7, 11) is 0. The molecule has 0 amide bonds. The van der Waals surface area contributed by atoms with E-state index < -0.39 is 0 Å². The average molecular weight is 227 g/mol. The van der Waals surface area contributed by atoms with Crippen molar-refractivity contribution in [3.63, 3.8) is 0 Å². The number of hydrogen-bond donors (Lipinski definition) is 1. The molecule has 0 saturated carbocycles. The fourth-order valence-electron chi connectivity index (χ4n) is 1.81. The van der Waals surface area contributed by atoms with Crippen molar-refractivity contribution in [3.8, 4) is 11.3 Å². The third kappa shape index (κ3) is 3.03. The summed E-state index contributed by atoms with van der Waals surface area (Å²) in [5.74, 6) is 1.18. The van der Waals surface area contributed by atoms with Crippen LogP contribution in [0.1, 0.15) is 19.4 Å². The van der Waals surface area contributed by atoms with Crippen molar-refractivity contribution < 1.29 is 0 Å². The molecule has 0 aliphatic rings. The van der Waals surface area contributed by atoms with Gasteiger partial charge >= 0.3 is 0 Å². The Morgan fingerprint density at radius 3 is 2.41 bits per heavy atom. The van der Waals surface area contributed by atoms with Gasteiger partial charge in [0.1, 0.15) is 12.1 Å². The molecule has 2 N–H and O–H groups in total. The number of aromatic nitrogens is 2. The Hall–Kier alpha value is -1.90. The molecule has 88 valence electrons. The normalized spacial score (nSPS) is 10.8. The van der Waals surface area contributed by atoms with E-state index in [1.165, 1.54) is 11.9 Å². The van der Waals surface area contributed by atoms with Crippen LogP contribution >= 0.6 is 0 Å². The maximum absolute atomic E-state index is 5.64. The zero-order chi connectivity index (χ0) is 12.3. The monoisotopic (exact) mass is 227 g/mol. The number of nitrogens with zero attached hydrogens (tertiary/aromatic N) is 2. The minimum atomic E-state index is 0.501. The lowest BCUT2D eigenvalue weighted by atomic mass is 10.0. The molecule has 1 heterocycles. The van der Waals surface area contributed by atoms with Gasteiger partial charge in [-0.3, -0.25) is 0 Å². The predicted octanol–water partition coefficient (Wildman–Crippen LogP) is 2.92. The van der Waals surface area contributed by atoms with E-state index in [9.17, 15) is 0 Å². The first kappa shape index (κ1) is 11.6. The number of benzene rings is 1. The highest BCUT2D eigenvalue weighted by Crippen LogP contribution is 2.19. The summed E-state index contributed by atoms with van der Waals surface area (Å²) >= 11 is 0. The Bertz CT molecular complexity index is 489. The largest absolute Gasteiger partial charge is 0.384 e. The molecule has 0 bridgehead atoms. The Kier molecular flexibility index (Phi) is 3.38. The minimum Gasteiger partial charge on any atom is -0.384 e. The van der Waals surface area contributed by atoms with Crippen LogP contribution in [0, 0.1) is 5.92 Å². The molecule has 0 radical (unpaired) electrons. The standard InChI is InChI=1S/C14H17N3/c1-10(2)7-11-3-5-12(6-4-11)13-8-14(15)17-9-16-13/h3-6,8-10H,7H2,1-2H3,(H2,15,16,17). The predicted molar refractivity (Wildman–Crippen MR) is 70.4 cm³/mol. The van der Waals surface area contributed by atoms with Crippen LogP contribution in [0.15, 0.2) is 36.7 Å². The zero-order valence-electron chi connectivity index (χ0n) is 10.2. The third-order valence-electron chi connectivity index (χ3n) is 2.58. The lowest BCUT2D eigenvalue weighted by molar-refractivity contribution is 0.647. The van der Waals surface area contributed by atoms with Crippen LogP contribution in [0.2, 0.25) is 0 Å². The Labute approximate surface area is 102 Å². The molecule has 0 saturated heterocycles. The topological polar surface area (TPSA) is 51.8 Å². The van der Waals surface area contributed by atoms with E-state index in [0.29, 0.717) is 11.7 Å². The number of hydrogen-bond acceptors (Lipinski definition) is 3. The lowest BCUT2D eigenvalue weighted by Gasteiger charge is -2.06. The quantitative estimate of drug-likeness (QED) is 0.877. The number of nitrogen functional groups attached to an aromatic ring is 1. The van der Waals surface area contributed by atoms with Crippen molar-refractivity contribution in [3.05, 3.63) is 42.2 Å². The Morgan fingerprint density at radius 1 is 1.12 bits per heavy atom. The van der Waals surface area contributed by atoms with Gasteiger partial charge in [0, 0.05) is 11.6 Å². The van der Waals surface area contributed by atoms with Gasteiger partial charge in [0.05, 0.1) is 5.69 Å². The van der Waals surface area contributed by atoms with Gasteiger partial charge in [0.15, 0.2) is 0 Å². The van der Waals surface area contributed by atoms with Gasteiger partial charge in [0.2, 0.25) is 0 Å². The van der Waals surface area contributed by atoms with Gasteiger partial charge in [0.25, 0.3) is 0 Å². The molecule has 3 heteroatoms. The highest BCUT2D eigenvalue weighted by Gasteiger charge is 2.02. The van der Waals surface area contributed by atoms with Crippen LogP contribution in [0.5, 0.6) is 0 Å². The number of nitrogens with two attached hydrogens (primary N) is 1. The van der Waals surface area contributed by atoms with Crippen molar-refractivity contribution >= 4 is 5.82 Å². The van der Waals surface area contributed by atoms with E-state index in [2.05, 4.69) is 48.1 Å². The molecule has 0 aliphatic heterocycles. The van der Waals surface area contributed by atoms with Crippen molar-refractivity contribution in [2.45, 2.75) is 20.3 Å². The first-order valence-corrected chi connectivity index (χ1v) is 5.82. The molecule has 0 atom stereocenters. The summed E-state index contributed by atoms with van der Waals surface area (Å²) in [6.07, 6.45) is 2.60. The Morgan fingerprint density at radius 2 is 1.82 bits per heavy atom. The van der Waals surface area contributed by atoms with E-state index in [1.54, 1.807) is 6.07 Å². The van der Waals surface area contributed by atoms with E-state index in [0.717, 1.165) is 17.7 Å². The summed E-state index contributed by atoms with van der Waals surface area (Å²) in [4.78, 5) is 8.10. The van der Waals surface area contributed by atoms with Gasteiger partial charge in [-0.15, -0.1) is 0 Å². The second kappa shape index (κ2) is 4.95. The van der Waals surface area contributed by atoms with E-state index >= 15 is 0 Å². The van der Waals surface area contributed by atoms with Crippen LogP contribution < -0.4 is 5.73 Å². The van der Waals surface area contributed by atoms with Crippen LogP contribution in [0.3, 0.4) is 0 Å². The molecule has 17 heavy (non-hydrogen) atoms. The molecular weight excluding hydrogens is 210 g/mol. The summed E-state index contributed by atoms with van der Waals surface area (Å²) in [6, 6.07) is 10.2. The molecule has 1 aromatic heterocycles. The molecule has 3 nitrogen and oxygen atoms in total. The van der Waals surface area contributed by atoms with Crippen LogP contribution in [-0.2, 0) is 6.42 Å². The molecule has 2 rings (SSSR count). The second-order valence-corrected chi connectivity index (χ2v) is 4.62. The first-order chi connectivity index (χ1) is 8.15. The van der Waals surface area contributed by atoms with E-state index in [-0.39, 0.29) is 0 Å². The maximum atomic E-state index is 5.64. The molecule has 0 fully saturated rings. The minimum absolute atomic E-state index is 0.501. The van der Waals surface area contributed by atoms with Gasteiger partial charge < -0.3 is 5.73 Å². The van der Waals surface area contributed by atoms with Crippen LogP contribution in [0.4, 0.5) is 5.82 Å². The summed E-state index contributed by atoms with van der Waals surface area (Å²) in [5, 5.41) is 0. The SMILES string of the molecule is CC(C)Cc1ccc(-c2cc(N)ncn2)cc1. The van der Waals surface area contributed by atoms with E-state index in [4.69, 9.17) is 5.73 Å². The summed E-state index contributed by atoms with van der Waals surface area (Å²) in [6.45, 7) is 4.44. The van der Waals surface area contributed by atoms with Gasteiger partial charge in [-0.2, -0.15) is 0 Å². The van der Waals surface area contributed by atoms with Gasteiger partial charge in [-0.05, 0) is 17.9 Å². The van der Waals surface area contributed by atoms with Crippen molar-refractivity contribution in [2.75, 3.05) is 5.73 Å². The lowest BCUT2D eigenvalue weighted by Crippen LogP contribution is -1.95. The molecule has 0 spiro atoms. The van der Waals surface area contributed by atoms with Gasteiger partial charge in [-0.25, -0.2) is 9.97 Å². The average Bonchev–Trinajstić information content (AvgIpc) is 2.29. The molecule has 2 aromatic rings. The second-order valence-electron chi connectivity index (χ2n) is 4.62. The van der Waals surface area contributed by atoms with Crippen molar-refractivity contribution in [1.82, 2.24) is 9.97 Å². The fourth-order valence-corrected chi connectivity index (χ4v) is 1.81. The smallest absolute Gasteiger partial charge is 0.127 e. The molecular formula is C14H17N3. The van der Waals surface area contributed by atoms with Gasteiger partial charge in [-0.1, -0.05) is 38.1 Å². The highest BCUT2D eigenvalue weighted by atomic mass is 14.9. The maximum Gasteiger partial charge on any atom is 0.127 e. The van der Waals surface area contributed by atoms with E-state index in [1.807, 2.05) is 0 Å². The first-order valence-electron chi connectivity index (χ1n) is 5.82. The number of rotatable bonds is 3. The molecule has 1 aromatic carbocycles. The van der Waals surface area contributed by atoms with Crippen molar-refractivity contribution in [2.24, 2.45) is 5.92 Å². The Balaban J connectivity index is 2.23. The molecule has 0 unspecified atom stereocenters. The molecule has 0 aliphatic carbocycles. The summed E-state index contributed by atoms with van der Waals surface area (Å²) in [5.41, 5.74) is 8.94. The van der Waals surface area contributed by atoms with Crippen LogP contribution in [0.25, 0.3) is 11.3 Å². The zero-order valence-corrected chi connectivity index (χ0v) is 10.2. The number of anilines is 1. The van der Waals surface area contributed by atoms with Crippen molar-refractivity contribution in [1.29, 1.82) is 0 Å². The fraction of sp³-hybridized carbons (Fsp3) is 0.286. The van der Waals surface area contributed by atoms with Crippen LogP contribution in [-0.4, -0.2) is 9.97 Å². The summed E-state index contributed by atoms with van der Waals surface area (Å²) < 4.78 is 0. The highest BCUT2D eigenvalue weighted by molar-refractivity contribution is 5.61.